The minimum Gasteiger partial charge on any atom is -0.489 e. The molecule has 2 atom stereocenters. The smallest absolute Gasteiger partial charge is 0.244 e. The van der Waals surface area contributed by atoms with Gasteiger partial charge in [0.25, 0.3) is 0 Å². The molecule has 0 spiro atoms. The van der Waals surface area contributed by atoms with Gasteiger partial charge in [-0.05, 0) is 67.8 Å². The molecule has 8 nitrogen and oxygen atoms in total. The van der Waals surface area contributed by atoms with E-state index >= 15 is 0 Å². The molecule has 0 saturated heterocycles. The number of hydrogen-bond acceptors (Lipinski definition) is 5. The minimum absolute atomic E-state index is 0.0717. The second-order valence-corrected chi connectivity index (χ2v) is 12.0. The fraction of sp³-hybridized carbons (Fsp3) is 0.333. The Kier molecular flexibility index (Phi) is 11.0. The van der Waals surface area contributed by atoms with Crippen LogP contribution in [0.5, 0.6) is 5.75 Å². The summed E-state index contributed by atoms with van der Waals surface area (Å²) in [5.74, 6) is -0.272. The molecule has 3 aromatic rings. The molecule has 0 fully saturated rings. The predicted octanol–water partition coefficient (Wildman–Crippen LogP) is 5.02. The Morgan fingerprint density at radius 2 is 1.55 bits per heavy atom. The number of rotatable bonds is 13. The van der Waals surface area contributed by atoms with Gasteiger partial charge in [-0.3, -0.25) is 13.9 Å². The quantitative estimate of drug-likeness (QED) is 0.304. The van der Waals surface area contributed by atoms with E-state index in [9.17, 15) is 18.0 Å². The van der Waals surface area contributed by atoms with Crippen LogP contribution in [0.25, 0.3) is 0 Å². The van der Waals surface area contributed by atoms with E-state index in [1.54, 1.807) is 55.5 Å². The van der Waals surface area contributed by atoms with Crippen molar-refractivity contribution in [2.45, 2.75) is 52.4 Å². The topological polar surface area (TPSA) is 96.0 Å². The highest BCUT2D eigenvalue weighted by Gasteiger charge is 2.30. The Bertz CT molecular complexity index is 1370. The second-order valence-electron chi connectivity index (χ2n) is 9.68. The summed E-state index contributed by atoms with van der Waals surface area (Å²) < 4.78 is 32.4. The van der Waals surface area contributed by atoms with Crippen molar-refractivity contribution < 1.29 is 22.7 Å². The van der Waals surface area contributed by atoms with Gasteiger partial charge < -0.3 is 15.0 Å². The molecule has 1 N–H and O–H groups in total. The van der Waals surface area contributed by atoms with Crippen molar-refractivity contribution in [2.75, 3.05) is 17.1 Å². The lowest BCUT2D eigenvalue weighted by molar-refractivity contribution is -0.139. The molecule has 0 heterocycles. The number of benzene rings is 3. The molecule has 0 bridgehead atoms. The van der Waals surface area contributed by atoms with Gasteiger partial charge in [0, 0.05) is 17.6 Å². The van der Waals surface area contributed by atoms with Gasteiger partial charge in [-0.25, -0.2) is 8.42 Å². The maximum absolute atomic E-state index is 13.7. The Hall–Kier alpha value is -3.56. The third kappa shape index (κ3) is 8.99. The average Bonchev–Trinajstić information content (AvgIpc) is 2.94. The number of sulfonamides is 1. The van der Waals surface area contributed by atoms with Crippen LogP contribution in [0, 0.1) is 0 Å². The van der Waals surface area contributed by atoms with Crippen LogP contribution in [0.2, 0.25) is 5.02 Å². The summed E-state index contributed by atoms with van der Waals surface area (Å²) in [6.45, 7) is 5.47. The third-order valence-corrected chi connectivity index (χ3v) is 7.88. The largest absolute Gasteiger partial charge is 0.489 e. The molecular weight excluding hydrogens is 550 g/mol. The molecule has 0 saturated carbocycles. The highest BCUT2D eigenvalue weighted by molar-refractivity contribution is 7.92. The molecule has 3 rings (SSSR count). The van der Waals surface area contributed by atoms with E-state index in [-0.39, 0.29) is 18.5 Å². The second kappa shape index (κ2) is 14.2. The zero-order valence-electron chi connectivity index (χ0n) is 23.2. The summed E-state index contributed by atoms with van der Waals surface area (Å²) in [5.41, 5.74) is 2.07. The fourth-order valence-electron chi connectivity index (χ4n) is 3.90. The number of hydrogen-bond donors (Lipinski definition) is 1. The maximum Gasteiger partial charge on any atom is 0.244 e. The lowest BCUT2D eigenvalue weighted by atomic mass is 10.1. The molecular formula is C30H36ClN3O5S. The molecule has 0 aromatic heterocycles. The summed E-state index contributed by atoms with van der Waals surface area (Å²) >= 11 is 6.02. The molecule has 0 aliphatic rings. The first-order chi connectivity index (χ1) is 19.0. The first-order valence-corrected chi connectivity index (χ1v) is 15.3. The molecule has 0 aliphatic carbocycles. The lowest BCUT2D eigenvalue weighted by Gasteiger charge is -2.32. The van der Waals surface area contributed by atoms with E-state index in [1.165, 1.54) is 4.90 Å². The van der Waals surface area contributed by atoms with Gasteiger partial charge in [0.1, 0.15) is 24.9 Å². The van der Waals surface area contributed by atoms with Gasteiger partial charge in [0.15, 0.2) is 0 Å². The van der Waals surface area contributed by atoms with E-state index in [1.807, 2.05) is 44.2 Å². The van der Waals surface area contributed by atoms with Crippen LogP contribution in [0.15, 0.2) is 78.9 Å². The molecule has 40 heavy (non-hydrogen) atoms. The van der Waals surface area contributed by atoms with Crippen molar-refractivity contribution in [3.8, 4) is 5.75 Å². The van der Waals surface area contributed by atoms with Crippen molar-refractivity contribution in [3.05, 3.63) is 95.0 Å². The first-order valence-electron chi connectivity index (χ1n) is 13.1. The molecule has 0 aliphatic heterocycles. The number of nitrogens with zero attached hydrogens (tertiary/aromatic N) is 2. The zero-order valence-corrected chi connectivity index (χ0v) is 24.8. The van der Waals surface area contributed by atoms with Gasteiger partial charge in [-0.1, -0.05) is 61.0 Å². The number of anilines is 1. The van der Waals surface area contributed by atoms with Crippen LogP contribution in [0.4, 0.5) is 5.69 Å². The van der Waals surface area contributed by atoms with Crippen molar-refractivity contribution in [2.24, 2.45) is 0 Å². The molecule has 2 amide bonds. The van der Waals surface area contributed by atoms with Crippen molar-refractivity contribution >= 4 is 39.1 Å². The number of halogens is 1. The number of ether oxygens (including phenoxy) is 1. The summed E-state index contributed by atoms with van der Waals surface area (Å²) in [4.78, 5) is 28.0. The summed E-state index contributed by atoms with van der Waals surface area (Å²) in [6, 6.07) is 22.2. The van der Waals surface area contributed by atoms with Crippen LogP contribution >= 0.6 is 11.6 Å². The van der Waals surface area contributed by atoms with Gasteiger partial charge in [0.05, 0.1) is 11.9 Å². The average molecular weight is 586 g/mol. The minimum atomic E-state index is -3.84. The SMILES string of the molecule is CCC(C)NC(=O)C(C)N(Cc1ccc(Cl)cc1)C(=O)CN(c1ccc(OCc2ccccc2)cc1)S(C)(=O)=O. The lowest BCUT2D eigenvalue weighted by Crippen LogP contribution is -2.52. The van der Waals surface area contributed by atoms with E-state index in [0.29, 0.717) is 23.1 Å². The summed E-state index contributed by atoms with van der Waals surface area (Å²) in [5, 5.41) is 3.45. The Morgan fingerprint density at radius 1 is 0.925 bits per heavy atom. The summed E-state index contributed by atoms with van der Waals surface area (Å²) in [6.07, 6.45) is 1.78. The zero-order chi connectivity index (χ0) is 29.3. The number of carbonyl (C=O) groups excluding carboxylic acids is 2. The number of nitrogens with one attached hydrogen (secondary N) is 1. The standard InChI is InChI=1S/C30H36ClN3O5S/c1-5-22(2)32-30(36)23(3)33(19-24-11-13-26(31)14-12-24)29(35)20-34(40(4,37)38)27-15-17-28(18-16-27)39-21-25-9-7-6-8-10-25/h6-18,22-23H,5,19-21H2,1-4H3,(H,32,36). The van der Waals surface area contributed by atoms with Crippen LogP contribution in [-0.4, -0.2) is 50.0 Å². The molecule has 10 heteroatoms. The van der Waals surface area contributed by atoms with Crippen molar-refractivity contribution in [1.29, 1.82) is 0 Å². The highest BCUT2D eigenvalue weighted by atomic mass is 35.5. The van der Waals surface area contributed by atoms with Gasteiger partial charge in [-0.2, -0.15) is 0 Å². The molecule has 0 radical (unpaired) electrons. The van der Waals surface area contributed by atoms with E-state index in [4.69, 9.17) is 16.3 Å². The van der Waals surface area contributed by atoms with Gasteiger partial charge in [0.2, 0.25) is 21.8 Å². The van der Waals surface area contributed by atoms with E-state index < -0.39 is 28.5 Å². The van der Waals surface area contributed by atoms with E-state index in [2.05, 4.69) is 5.32 Å². The molecule has 3 aromatic carbocycles. The van der Waals surface area contributed by atoms with Crippen LogP contribution in [-0.2, 0) is 32.8 Å². The Balaban J connectivity index is 1.81. The van der Waals surface area contributed by atoms with Crippen LogP contribution in [0.1, 0.15) is 38.3 Å². The number of amides is 2. The Morgan fingerprint density at radius 3 is 2.12 bits per heavy atom. The monoisotopic (exact) mass is 585 g/mol. The van der Waals surface area contributed by atoms with Gasteiger partial charge >= 0.3 is 0 Å². The predicted molar refractivity (Wildman–Crippen MR) is 159 cm³/mol. The fourth-order valence-corrected chi connectivity index (χ4v) is 4.87. The normalized spacial score (nSPS) is 12.7. The summed E-state index contributed by atoms with van der Waals surface area (Å²) in [7, 11) is -3.84. The van der Waals surface area contributed by atoms with Crippen molar-refractivity contribution in [1.82, 2.24) is 10.2 Å². The van der Waals surface area contributed by atoms with Crippen LogP contribution in [0.3, 0.4) is 0 Å². The molecule has 214 valence electrons. The van der Waals surface area contributed by atoms with E-state index in [0.717, 1.165) is 28.1 Å². The molecule has 2 unspecified atom stereocenters. The van der Waals surface area contributed by atoms with Crippen molar-refractivity contribution in [3.63, 3.8) is 0 Å². The third-order valence-electron chi connectivity index (χ3n) is 6.49. The van der Waals surface area contributed by atoms with Gasteiger partial charge in [-0.15, -0.1) is 0 Å². The highest BCUT2D eigenvalue weighted by Crippen LogP contribution is 2.23. The van der Waals surface area contributed by atoms with Crippen LogP contribution < -0.4 is 14.4 Å². The first kappa shape index (κ1) is 31.0. The maximum atomic E-state index is 13.7. The Labute approximate surface area is 241 Å². The number of carbonyl (C=O) groups is 2.